The van der Waals surface area contributed by atoms with Gasteiger partial charge < -0.3 is 15.2 Å². The highest BCUT2D eigenvalue weighted by atomic mass is 16.5. The molecule has 0 amide bonds. The average Bonchev–Trinajstić information content (AvgIpc) is 2.96. The smallest absolute Gasteiger partial charge is 0.322 e. The van der Waals surface area contributed by atoms with Gasteiger partial charge in [0.15, 0.2) is 0 Å². The van der Waals surface area contributed by atoms with Gasteiger partial charge in [0.25, 0.3) is 0 Å². The first-order valence-corrected chi connectivity index (χ1v) is 6.79. The SMILES string of the molecule is N[C@@H](CCc1ccccc1)C(=O)OCC1CCOC1. The van der Waals surface area contributed by atoms with E-state index in [1.54, 1.807) is 0 Å². The fourth-order valence-corrected chi connectivity index (χ4v) is 2.11. The summed E-state index contributed by atoms with van der Waals surface area (Å²) < 4.78 is 10.5. The van der Waals surface area contributed by atoms with Gasteiger partial charge in [-0.25, -0.2) is 0 Å². The Kier molecular flexibility index (Phi) is 5.36. The Morgan fingerprint density at radius 1 is 1.42 bits per heavy atom. The van der Waals surface area contributed by atoms with Crippen molar-refractivity contribution in [1.29, 1.82) is 0 Å². The molecule has 2 N–H and O–H groups in total. The topological polar surface area (TPSA) is 61.6 Å². The van der Waals surface area contributed by atoms with E-state index in [1.807, 2.05) is 30.3 Å². The molecule has 0 aromatic heterocycles. The molecular formula is C15H21NO3. The van der Waals surface area contributed by atoms with Crippen molar-refractivity contribution in [3.8, 4) is 0 Å². The zero-order chi connectivity index (χ0) is 13.5. The normalized spacial score (nSPS) is 20.2. The molecule has 0 aliphatic carbocycles. The predicted molar refractivity (Wildman–Crippen MR) is 72.6 cm³/mol. The Morgan fingerprint density at radius 2 is 2.21 bits per heavy atom. The first-order chi connectivity index (χ1) is 9.25. The molecule has 0 spiro atoms. The van der Waals surface area contributed by atoms with Crippen LogP contribution in [-0.2, 0) is 20.7 Å². The molecule has 1 aliphatic rings. The molecule has 1 aromatic carbocycles. The molecule has 2 rings (SSSR count). The van der Waals surface area contributed by atoms with Crippen molar-refractivity contribution in [2.24, 2.45) is 11.7 Å². The quantitative estimate of drug-likeness (QED) is 0.791. The molecule has 19 heavy (non-hydrogen) atoms. The van der Waals surface area contributed by atoms with Crippen LogP contribution >= 0.6 is 0 Å². The van der Waals surface area contributed by atoms with E-state index >= 15 is 0 Å². The highest BCUT2D eigenvalue weighted by Gasteiger charge is 2.20. The first-order valence-electron chi connectivity index (χ1n) is 6.79. The number of ether oxygens (including phenoxy) is 2. The predicted octanol–water partition coefficient (Wildman–Crippen LogP) is 1.53. The Bertz CT molecular complexity index is 388. The summed E-state index contributed by atoms with van der Waals surface area (Å²) in [6.07, 6.45) is 2.38. The van der Waals surface area contributed by atoms with E-state index in [4.69, 9.17) is 15.2 Å². The Hall–Kier alpha value is -1.39. The van der Waals surface area contributed by atoms with Gasteiger partial charge in [0.2, 0.25) is 0 Å². The molecule has 2 atom stereocenters. The lowest BCUT2D eigenvalue weighted by Gasteiger charge is -2.13. The zero-order valence-corrected chi connectivity index (χ0v) is 11.1. The fourth-order valence-electron chi connectivity index (χ4n) is 2.11. The maximum absolute atomic E-state index is 11.7. The Morgan fingerprint density at radius 3 is 2.89 bits per heavy atom. The largest absolute Gasteiger partial charge is 0.464 e. The zero-order valence-electron chi connectivity index (χ0n) is 11.1. The first kappa shape index (κ1) is 14.0. The number of rotatable bonds is 6. The molecule has 4 nitrogen and oxygen atoms in total. The summed E-state index contributed by atoms with van der Waals surface area (Å²) in [5.74, 6) is 0.0353. The van der Waals surface area contributed by atoms with Crippen molar-refractivity contribution in [2.45, 2.75) is 25.3 Å². The highest BCUT2D eigenvalue weighted by Crippen LogP contribution is 2.13. The third kappa shape index (κ3) is 4.65. The summed E-state index contributed by atoms with van der Waals surface area (Å²) in [6.45, 7) is 1.88. The maximum atomic E-state index is 11.7. The summed E-state index contributed by atoms with van der Waals surface area (Å²) in [7, 11) is 0. The lowest BCUT2D eigenvalue weighted by molar-refractivity contribution is -0.146. The molecule has 1 aromatic rings. The van der Waals surface area contributed by atoms with E-state index in [2.05, 4.69) is 0 Å². The molecule has 104 valence electrons. The molecule has 4 heteroatoms. The van der Waals surface area contributed by atoms with Gasteiger partial charge in [-0.15, -0.1) is 0 Å². The van der Waals surface area contributed by atoms with Crippen molar-refractivity contribution in [2.75, 3.05) is 19.8 Å². The monoisotopic (exact) mass is 263 g/mol. The second kappa shape index (κ2) is 7.26. The van der Waals surface area contributed by atoms with Crippen LogP contribution in [0.25, 0.3) is 0 Å². The number of nitrogens with two attached hydrogens (primary N) is 1. The minimum Gasteiger partial charge on any atom is -0.464 e. The lowest BCUT2D eigenvalue weighted by Crippen LogP contribution is -2.33. The van der Waals surface area contributed by atoms with Gasteiger partial charge in [0, 0.05) is 12.5 Å². The maximum Gasteiger partial charge on any atom is 0.322 e. The highest BCUT2D eigenvalue weighted by molar-refractivity contribution is 5.75. The summed E-state index contributed by atoms with van der Waals surface area (Å²) in [5, 5.41) is 0. The minimum absolute atomic E-state index is 0.303. The summed E-state index contributed by atoms with van der Waals surface area (Å²) in [6, 6.07) is 9.48. The molecule has 1 fully saturated rings. The third-order valence-electron chi connectivity index (χ3n) is 3.37. The van der Waals surface area contributed by atoms with Crippen LogP contribution < -0.4 is 5.73 Å². The van der Waals surface area contributed by atoms with Crippen molar-refractivity contribution in [3.05, 3.63) is 35.9 Å². The van der Waals surface area contributed by atoms with Crippen LogP contribution in [0.1, 0.15) is 18.4 Å². The second-order valence-corrected chi connectivity index (χ2v) is 4.99. The fraction of sp³-hybridized carbons (Fsp3) is 0.533. The number of hydrogen-bond donors (Lipinski definition) is 1. The van der Waals surface area contributed by atoms with Crippen LogP contribution in [-0.4, -0.2) is 31.8 Å². The average molecular weight is 263 g/mol. The Balaban J connectivity index is 1.67. The second-order valence-electron chi connectivity index (χ2n) is 4.99. The summed E-state index contributed by atoms with van der Waals surface area (Å²) >= 11 is 0. The molecule has 1 unspecified atom stereocenters. The third-order valence-corrected chi connectivity index (χ3v) is 3.37. The van der Waals surface area contributed by atoms with Gasteiger partial charge in [0.05, 0.1) is 13.2 Å². The van der Waals surface area contributed by atoms with Gasteiger partial charge >= 0.3 is 5.97 Å². The molecule has 0 saturated carbocycles. The standard InChI is InChI=1S/C15H21NO3/c16-14(7-6-12-4-2-1-3-5-12)15(17)19-11-13-8-9-18-10-13/h1-5,13-14H,6-11,16H2/t13?,14-/m0/s1. The van der Waals surface area contributed by atoms with Crippen molar-refractivity contribution < 1.29 is 14.3 Å². The van der Waals surface area contributed by atoms with Crippen LogP contribution in [0, 0.1) is 5.92 Å². The van der Waals surface area contributed by atoms with Gasteiger partial charge in [0.1, 0.15) is 6.04 Å². The van der Waals surface area contributed by atoms with Crippen LogP contribution in [0.2, 0.25) is 0 Å². The minimum atomic E-state index is -0.539. The van der Waals surface area contributed by atoms with Gasteiger partial charge in [-0.3, -0.25) is 4.79 Å². The number of benzene rings is 1. The number of carbonyl (C=O) groups is 1. The van der Waals surface area contributed by atoms with Gasteiger partial charge in [-0.05, 0) is 24.8 Å². The van der Waals surface area contributed by atoms with E-state index in [1.165, 1.54) is 5.56 Å². The number of esters is 1. The summed E-state index contributed by atoms with van der Waals surface area (Å²) in [4.78, 5) is 11.7. The number of hydrogen-bond acceptors (Lipinski definition) is 4. The van der Waals surface area contributed by atoms with Crippen molar-refractivity contribution in [3.63, 3.8) is 0 Å². The van der Waals surface area contributed by atoms with E-state index in [-0.39, 0.29) is 5.97 Å². The van der Waals surface area contributed by atoms with Crippen LogP contribution in [0.15, 0.2) is 30.3 Å². The molecular weight excluding hydrogens is 242 g/mol. The number of carbonyl (C=O) groups excluding carboxylic acids is 1. The lowest BCUT2D eigenvalue weighted by atomic mass is 10.1. The van der Waals surface area contributed by atoms with Gasteiger partial charge in [-0.1, -0.05) is 30.3 Å². The van der Waals surface area contributed by atoms with Gasteiger partial charge in [-0.2, -0.15) is 0 Å². The van der Waals surface area contributed by atoms with E-state index in [0.717, 1.165) is 19.4 Å². The number of aryl methyl sites for hydroxylation is 1. The molecule has 1 saturated heterocycles. The van der Waals surface area contributed by atoms with E-state index < -0.39 is 6.04 Å². The molecule has 1 heterocycles. The van der Waals surface area contributed by atoms with Crippen LogP contribution in [0.4, 0.5) is 0 Å². The Labute approximate surface area is 113 Å². The van der Waals surface area contributed by atoms with E-state index in [0.29, 0.717) is 25.6 Å². The van der Waals surface area contributed by atoms with Crippen LogP contribution in [0.5, 0.6) is 0 Å². The molecule has 1 aliphatic heterocycles. The van der Waals surface area contributed by atoms with E-state index in [9.17, 15) is 4.79 Å². The van der Waals surface area contributed by atoms with Crippen molar-refractivity contribution >= 4 is 5.97 Å². The van der Waals surface area contributed by atoms with Crippen LogP contribution in [0.3, 0.4) is 0 Å². The molecule has 0 radical (unpaired) electrons. The summed E-state index contributed by atoms with van der Waals surface area (Å²) in [5.41, 5.74) is 7.03. The molecule has 0 bridgehead atoms. The van der Waals surface area contributed by atoms with Crippen molar-refractivity contribution in [1.82, 2.24) is 0 Å².